The molecule has 0 saturated carbocycles. The standard InChI is InChI=1S/C22H25F3N4O3S2/c23-22(24,25)15-1-3-16(4-2-15)28-9-7-27(8-10-28)13-17-5-6-19(30)29(17)11-12-33-21-26-18(14-34-21)20(31)32/h1-4,14,17H,5-13H2,(H,31,32). The van der Waals surface area contributed by atoms with Crippen LogP contribution in [-0.4, -0.2) is 82.8 Å². The molecule has 2 saturated heterocycles. The predicted molar refractivity (Wildman–Crippen MR) is 125 cm³/mol. The Morgan fingerprint density at radius 2 is 1.88 bits per heavy atom. The van der Waals surface area contributed by atoms with Crippen LogP contribution in [0.25, 0.3) is 0 Å². The minimum Gasteiger partial charge on any atom is -0.476 e. The quantitative estimate of drug-likeness (QED) is 0.538. The highest BCUT2D eigenvalue weighted by atomic mass is 32.2. The van der Waals surface area contributed by atoms with E-state index in [1.54, 1.807) is 0 Å². The van der Waals surface area contributed by atoms with Gasteiger partial charge in [0.2, 0.25) is 5.91 Å². The number of piperazine rings is 1. The monoisotopic (exact) mass is 514 g/mol. The van der Waals surface area contributed by atoms with Crippen LogP contribution in [0.5, 0.6) is 0 Å². The van der Waals surface area contributed by atoms with Gasteiger partial charge in [0.05, 0.1) is 5.56 Å². The summed E-state index contributed by atoms with van der Waals surface area (Å²) in [5.74, 6) is -0.257. The Hall–Kier alpha value is -2.31. The number of anilines is 1. The normalized spacial score (nSPS) is 19.7. The third-order valence-electron chi connectivity index (χ3n) is 6.11. The van der Waals surface area contributed by atoms with E-state index in [4.69, 9.17) is 5.11 Å². The van der Waals surface area contributed by atoms with Gasteiger partial charge in [-0.05, 0) is 30.7 Å². The van der Waals surface area contributed by atoms with E-state index in [0.29, 0.717) is 23.1 Å². The maximum atomic E-state index is 12.8. The molecule has 1 N–H and O–H groups in total. The number of aromatic nitrogens is 1. The Balaban J connectivity index is 1.24. The number of amides is 1. The van der Waals surface area contributed by atoms with E-state index in [0.717, 1.165) is 57.0 Å². The zero-order valence-corrected chi connectivity index (χ0v) is 20.0. The van der Waals surface area contributed by atoms with E-state index in [9.17, 15) is 22.8 Å². The summed E-state index contributed by atoms with van der Waals surface area (Å²) in [7, 11) is 0. The van der Waals surface area contributed by atoms with Gasteiger partial charge >= 0.3 is 12.1 Å². The summed E-state index contributed by atoms with van der Waals surface area (Å²) < 4.78 is 39.0. The molecule has 1 amide bonds. The summed E-state index contributed by atoms with van der Waals surface area (Å²) >= 11 is 2.75. The lowest BCUT2D eigenvalue weighted by Gasteiger charge is -2.38. The first kappa shape index (κ1) is 24.8. The summed E-state index contributed by atoms with van der Waals surface area (Å²) in [5.41, 5.74) is 0.185. The molecule has 2 aromatic rings. The zero-order valence-electron chi connectivity index (χ0n) is 18.3. The van der Waals surface area contributed by atoms with Gasteiger partial charge in [-0.1, -0.05) is 11.8 Å². The smallest absolute Gasteiger partial charge is 0.416 e. The minimum absolute atomic E-state index is 0.0399. The number of rotatable bonds is 8. The van der Waals surface area contributed by atoms with Crippen molar-refractivity contribution in [1.29, 1.82) is 0 Å². The van der Waals surface area contributed by atoms with E-state index in [1.165, 1.54) is 40.6 Å². The number of hydrogen-bond acceptors (Lipinski definition) is 7. The Morgan fingerprint density at radius 3 is 2.50 bits per heavy atom. The molecule has 0 bridgehead atoms. The van der Waals surface area contributed by atoms with Crippen molar-refractivity contribution in [3.05, 3.63) is 40.9 Å². The number of alkyl halides is 3. The maximum Gasteiger partial charge on any atom is 0.416 e. The summed E-state index contributed by atoms with van der Waals surface area (Å²) in [6, 6.07) is 5.42. The van der Waals surface area contributed by atoms with Gasteiger partial charge in [-0.25, -0.2) is 9.78 Å². The van der Waals surface area contributed by atoms with Crippen molar-refractivity contribution in [3.63, 3.8) is 0 Å². The second-order valence-electron chi connectivity index (χ2n) is 8.26. The molecular formula is C22H25F3N4O3S2. The largest absolute Gasteiger partial charge is 0.476 e. The molecule has 1 aromatic heterocycles. The third-order valence-corrected chi connectivity index (χ3v) is 8.11. The fraction of sp³-hybridized carbons (Fsp3) is 0.500. The molecule has 2 fully saturated rings. The van der Waals surface area contributed by atoms with Gasteiger partial charge in [-0.15, -0.1) is 11.3 Å². The number of likely N-dealkylation sites (tertiary alicyclic amines) is 1. The Labute approximate surface area is 203 Å². The van der Waals surface area contributed by atoms with E-state index in [2.05, 4.69) is 14.8 Å². The van der Waals surface area contributed by atoms with Crippen LogP contribution in [0, 0.1) is 0 Å². The Morgan fingerprint density at radius 1 is 1.18 bits per heavy atom. The third kappa shape index (κ3) is 6.02. The van der Waals surface area contributed by atoms with Gasteiger partial charge in [-0.2, -0.15) is 13.2 Å². The molecule has 4 rings (SSSR count). The molecule has 0 spiro atoms. The molecule has 34 heavy (non-hydrogen) atoms. The number of carboxylic acid groups (broad SMARTS) is 1. The molecule has 2 aliphatic rings. The van der Waals surface area contributed by atoms with Crippen molar-refractivity contribution in [3.8, 4) is 0 Å². The van der Waals surface area contributed by atoms with Crippen molar-refractivity contribution < 1.29 is 27.9 Å². The van der Waals surface area contributed by atoms with Gasteiger partial charge in [-0.3, -0.25) is 9.69 Å². The fourth-order valence-electron chi connectivity index (χ4n) is 4.29. The van der Waals surface area contributed by atoms with Crippen molar-refractivity contribution in [2.75, 3.05) is 49.9 Å². The molecule has 2 aliphatic heterocycles. The Bertz CT molecular complexity index is 1010. The van der Waals surface area contributed by atoms with E-state index >= 15 is 0 Å². The highest BCUT2D eigenvalue weighted by Crippen LogP contribution is 2.31. The van der Waals surface area contributed by atoms with Crippen molar-refractivity contribution in [2.45, 2.75) is 29.4 Å². The van der Waals surface area contributed by atoms with Crippen LogP contribution in [0.4, 0.5) is 18.9 Å². The average molecular weight is 515 g/mol. The fourth-order valence-corrected chi connectivity index (χ4v) is 6.10. The molecule has 0 radical (unpaired) electrons. The number of thiazole rings is 1. The number of carboxylic acids is 1. The summed E-state index contributed by atoms with van der Waals surface area (Å²) in [5, 5.41) is 10.5. The summed E-state index contributed by atoms with van der Waals surface area (Å²) in [6.45, 7) is 4.37. The van der Waals surface area contributed by atoms with Crippen LogP contribution >= 0.6 is 23.1 Å². The van der Waals surface area contributed by atoms with E-state index in [-0.39, 0.29) is 17.6 Å². The maximum absolute atomic E-state index is 12.8. The first-order chi connectivity index (χ1) is 16.2. The van der Waals surface area contributed by atoms with Crippen LogP contribution in [-0.2, 0) is 11.0 Å². The molecule has 7 nitrogen and oxygen atoms in total. The lowest BCUT2D eigenvalue weighted by Crippen LogP contribution is -2.51. The zero-order chi connectivity index (χ0) is 24.3. The number of benzene rings is 1. The summed E-state index contributed by atoms with van der Waals surface area (Å²) in [6.07, 6.45) is -2.99. The molecule has 184 valence electrons. The van der Waals surface area contributed by atoms with Crippen molar-refractivity contribution >= 4 is 40.7 Å². The lowest BCUT2D eigenvalue weighted by atomic mass is 10.1. The second kappa shape index (κ2) is 10.5. The number of carbonyl (C=O) groups excluding carboxylic acids is 1. The van der Waals surface area contributed by atoms with Crippen LogP contribution < -0.4 is 4.90 Å². The highest BCUT2D eigenvalue weighted by molar-refractivity contribution is 8.01. The molecule has 3 heterocycles. The number of nitrogens with zero attached hydrogens (tertiary/aromatic N) is 4. The minimum atomic E-state index is -4.33. The second-order valence-corrected chi connectivity index (χ2v) is 10.5. The molecule has 1 unspecified atom stereocenters. The number of aromatic carboxylic acids is 1. The highest BCUT2D eigenvalue weighted by Gasteiger charge is 2.33. The van der Waals surface area contributed by atoms with Crippen LogP contribution in [0.15, 0.2) is 34.0 Å². The number of thioether (sulfide) groups is 1. The van der Waals surface area contributed by atoms with Gasteiger partial charge in [0.1, 0.15) is 0 Å². The average Bonchev–Trinajstić information content (AvgIpc) is 3.42. The molecule has 0 aliphatic carbocycles. The molecule has 1 atom stereocenters. The van der Waals surface area contributed by atoms with Crippen molar-refractivity contribution in [1.82, 2.24) is 14.8 Å². The van der Waals surface area contributed by atoms with E-state index < -0.39 is 17.7 Å². The summed E-state index contributed by atoms with van der Waals surface area (Å²) in [4.78, 5) is 33.8. The molecule has 1 aromatic carbocycles. The van der Waals surface area contributed by atoms with Crippen LogP contribution in [0.2, 0.25) is 0 Å². The first-order valence-electron chi connectivity index (χ1n) is 11.0. The number of carbonyl (C=O) groups is 2. The SMILES string of the molecule is O=C(O)c1csc(SCCN2C(=O)CCC2CN2CCN(c3ccc(C(F)(F)F)cc3)CC2)n1. The van der Waals surface area contributed by atoms with E-state index in [1.807, 2.05) is 4.90 Å². The topological polar surface area (TPSA) is 77.0 Å². The number of halogens is 3. The number of hydrogen-bond donors (Lipinski definition) is 1. The lowest BCUT2D eigenvalue weighted by molar-refractivity contribution is -0.137. The molecule has 12 heteroatoms. The van der Waals surface area contributed by atoms with Gasteiger partial charge in [0, 0.05) is 68.6 Å². The van der Waals surface area contributed by atoms with Crippen molar-refractivity contribution in [2.24, 2.45) is 0 Å². The van der Waals surface area contributed by atoms with Gasteiger partial charge in [0.25, 0.3) is 0 Å². The van der Waals surface area contributed by atoms with Gasteiger partial charge in [0.15, 0.2) is 10.0 Å². The van der Waals surface area contributed by atoms with Crippen LogP contribution in [0.3, 0.4) is 0 Å². The first-order valence-corrected chi connectivity index (χ1v) is 12.8. The molecular weight excluding hydrogens is 489 g/mol. The van der Waals surface area contributed by atoms with Crippen LogP contribution in [0.1, 0.15) is 28.9 Å². The predicted octanol–water partition coefficient (Wildman–Crippen LogP) is 3.77. The van der Waals surface area contributed by atoms with Gasteiger partial charge < -0.3 is 14.9 Å². The Kier molecular flexibility index (Phi) is 7.68.